The van der Waals surface area contributed by atoms with E-state index in [4.69, 9.17) is 0 Å². The molecule has 2 aromatic heterocycles. The van der Waals surface area contributed by atoms with Crippen molar-refractivity contribution in [3.8, 4) is 0 Å². The first-order valence-electron chi connectivity index (χ1n) is 9.07. The number of sulfone groups is 1. The average molecular weight is 401 g/mol. The first-order valence-corrected chi connectivity index (χ1v) is 10.7. The number of aliphatic imine (C=N–C) groups is 1. The third kappa shape index (κ3) is 4.66. The topological polar surface area (TPSA) is 101 Å². The quantitative estimate of drug-likeness (QED) is 0.462. The van der Waals surface area contributed by atoms with Gasteiger partial charge >= 0.3 is 0 Å². The van der Waals surface area contributed by atoms with Crippen molar-refractivity contribution in [2.75, 3.05) is 12.8 Å². The highest BCUT2D eigenvalue weighted by atomic mass is 32.2. The van der Waals surface area contributed by atoms with Crippen molar-refractivity contribution >= 4 is 21.4 Å². The Balaban J connectivity index is 1.64. The van der Waals surface area contributed by atoms with Crippen molar-refractivity contribution in [3.05, 3.63) is 60.6 Å². The van der Waals surface area contributed by atoms with Gasteiger partial charge in [-0.2, -0.15) is 0 Å². The summed E-state index contributed by atoms with van der Waals surface area (Å²) in [7, 11) is -1.74. The van der Waals surface area contributed by atoms with Crippen LogP contribution in [0.5, 0.6) is 0 Å². The highest BCUT2D eigenvalue weighted by Gasteiger charge is 2.21. The largest absolute Gasteiger partial charge is 0.353 e. The van der Waals surface area contributed by atoms with Gasteiger partial charge in [-0.15, -0.1) is 10.2 Å². The fraction of sp³-hybridized carbons (Fsp3) is 0.316. The number of benzene rings is 1. The Kier molecular flexibility index (Phi) is 6.25. The van der Waals surface area contributed by atoms with Crippen LogP contribution in [-0.2, 0) is 16.4 Å². The first kappa shape index (κ1) is 19.8. The first-order chi connectivity index (χ1) is 13.5. The lowest BCUT2D eigenvalue weighted by Gasteiger charge is -2.20. The summed E-state index contributed by atoms with van der Waals surface area (Å²) in [4.78, 5) is 4.53. The number of pyridine rings is 1. The van der Waals surface area contributed by atoms with Gasteiger partial charge in [0.25, 0.3) is 0 Å². The van der Waals surface area contributed by atoms with Gasteiger partial charge < -0.3 is 10.6 Å². The molecule has 1 aromatic carbocycles. The predicted octanol–water partition coefficient (Wildman–Crippen LogP) is 1.65. The lowest BCUT2D eigenvalue weighted by molar-refractivity contribution is 0.568. The second kappa shape index (κ2) is 8.83. The Morgan fingerprint density at radius 2 is 1.89 bits per heavy atom. The lowest BCUT2D eigenvalue weighted by Crippen LogP contribution is -2.45. The van der Waals surface area contributed by atoms with Crippen molar-refractivity contribution in [2.45, 2.75) is 30.8 Å². The molecule has 0 saturated heterocycles. The molecule has 1 atom stereocenters. The Labute approximate surface area is 164 Å². The third-order valence-corrected chi connectivity index (χ3v) is 6.21. The number of hydrogen-bond acceptors (Lipinski definition) is 5. The Bertz CT molecular complexity index is 1050. The van der Waals surface area contributed by atoms with Crippen LogP contribution in [0.15, 0.2) is 64.6 Å². The molecule has 0 amide bonds. The molecule has 0 aliphatic rings. The van der Waals surface area contributed by atoms with Gasteiger partial charge in [0.05, 0.1) is 17.2 Å². The van der Waals surface area contributed by atoms with Crippen LogP contribution >= 0.6 is 0 Å². The van der Waals surface area contributed by atoms with Crippen LogP contribution in [0.1, 0.15) is 19.2 Å². The molecule has 0 radical (unpaired) electrons. The Hall–Kier alpha value is -2.94. The van der Waals surface area contributed by atoms with Gasteiger partial charge in [0, 0.05) is 19.3 Å². The van der Waals surface area contributed by atoms with E-state index in [1.165, 1.54) is 0 Å². The van der Waals surface area contributed by atoms with E-state index >= 15 is 0 Å². The van der Waals surface area contributed by atoms with Gasteiger partial charge in [-0.3, -0.25) is 9.39 Å². The molecule has 148 valence electrons. The average Bonchev–Trinajstić information content (AvgIpc) is 3.14. The van der Waals surface area contributed by atoms with Crippen molar-refractivity contribution < 1.29 is 8.42 Å². The minimum Gasteiger partial charge on any atom is -0.353 e. The van der Waals surface area contributed by atoms with Gasteiger partial charge in [-0.05, 0) is 30.7 Å². The molecule has 1 unspecified atom stereocenters. The summed E-state index contributed by atoms with van der Waals surface area (Å²) in [5, 5.41) is 14.7. The number of fused-ring (bicyclic) bond motifs is 1. The van der Waals surface area contributed by atoms with E-state index in [0.29, 0.717) is 23.8 Å². The van der Waals surface area contributed by atoms with Crippen molar-refractivity contribution in [3.63, 3.8) is 0 Å². The van der Waals surface area contributed by atoms with Gasteiger partial charge in [0.2, 0.25) is 0 Å². The number of guanidine groups is 1. The molecule has 0 saturated carbocycles. The van der Waals surface area contributed by atoms with Crippen LogP contribution in [0.25, 0.3) is 5.65 Å². The van der Waals surface area contributed by atoms with Gasteiger partial charge in [0.1, 0.15) is 0 Å². The molecule has 2 N–H and O–H groups in total. The molecular formula is C19H24N6O2S. The number of aromatic nitrogens is 3. The summed E-state index contributed by atoms with van der Waals surface area (Å²) < 4.78 is 27.2. The minimum atomic E-state index is -3.38. The SMILES string of the molecule is CCC(CS(=O)(=O)c1ccccc1)NC(=NC)NCc1nnc2ccccn12. The second-order valence-corrected chi connectivity index (χ2v) is 8.35. The van der Waals surface area contributed by atoms with Crippen LogP contribution in [0.4, 0.5) is 0 Å². The van der Waals surface area contributed by atoms with Gasteiger partial charge in [-0.1, -0.05) is 31.2 Å². The minimum absolute atomic E-state index is 0.0118. The smallest absolute Gasteiger partial charge is 0.191 e. The summed E-state index contributed by atoms with van der Waals surface area (Å²) in [6, 6.07) is 13.9. The summed E-state index contributed by atoms with van der Waals surface area (Å²) in [5.41, 5.74) is 0.766. The zero-order chi connectivity index (χ0) is 20.0. The van der Waals surface area contributed by atoms with Crippen molar-refractivity contribution in [2.24, 2.45) is 4.99 Å². The highest BCUT2D eigenvalue weighted by molar-refractivity contribution is 7.91. The summed E-state index contributed by atoms with van der Waals surface area (Å²) in [6.07, 6.45) is 2.53. The molecule has 9 heteroatoms. The molecule has 8 nitrogen and oxygen atoms in total. The monoisotopic (exact) mass is 400 g/mol. The Morgan fingerprint density at radius 1 is 1.14 bits per heavy atom. The molecule has 28 heavy (non-hydrogen) atoms. The molecule has 3 aromatic rings. The van der Waals surface area contributed by atoms with Crippen LogP contribution in [0.3, 0.4) is 0 Å². The number of nitrogens with zero attached hydrogens (tertiary/aromatic N) is 4. The molecule has 3 rings (SSSR count). The van der Waals surface area contributed by atoms with Crippen LogP contribution in [-0.4, -0.2) is 47.8 Å². The summed E-state index contributed by atoms with van der Waals surface area (Å²) >= 11 is 0. The summed E-state index contributed by atoms with van der Waals surface area (Å²) in [6.45, 7) is 2.35. The molecule has 0 bridgehead atoms. The van der Waals surface area contributed by atoms with E-state index < -0.39 is 9.84 Å². The van der Waals surface area contributed by atoms with Gasteiger partial charge in [-0.25, -0.2) is 8.42 Å². The maximum Gasteiger partial charge on any atom is 0.191 e. The van der Waals surface area contributed by atoms with E-state index in [0.717, 1.165) is 11.5 Å². The fourth-order valence-electron chi connectivity index (χ4n) is 2.81. The highest BCUT2D eigenvalue weighted by Crippen LogP contribution is 2.12. The zero-order valence-corrected chi connectivity index (χ0v) is 16.7. The molecular weight excluding hydrogens is 376 g/mol. The molecule has 0 spiro atoms. The Morgan fingerprint density at radius 3 is 2.61 bits per heavy atom. The van der Waals surface area contributed by atoms with E-state index in [9.17, 15) is 8.42 Å². The third-order valence-electron chi connectivity index (χ3n) is 4.38. The normalized spacial score (nSPS) is 13.4. The standard InChI is InChI=1S/C19H24N6O2S/c1-3-15(14-28(26,27)16-9-5-4-6-10-16)22-19(20-2)21-13-18-24-23-17-11-7-8-12-25(17)18/h4-12,15H,3,13-14H2,1-2H3,(H2,20,21,22). The second-order valence-electron chi connectivity index (χ2n) is 6.31. The molecule has 2 heterocycles. The summed E-state index contributed by atoms with van der Waals surface area (Å²) in [5.74, 6) is 1.24. The lowest BCUT2D eigenvalue weighted by atomic mass is 10.3. The van der Waals surface area contributed by atoms with Crippen LogP contribution in [0, 0.1) is 0 Å². The van der Waals surface area contributed by atoms with Crippen LogP contribution in [0.2, 0.25) is 0 Å². The molecule has 0 fully saturated rings. The van der Waals surface area contributed by atoms with Crippen LogP contribution < -0.4 is 10.6 Å². The van der Waals surface area contributed by atoms with E-state index in [-0.39, 0.29) is 11.8 Å². The predicted molar refractivity (Wildman–Crippen MR) is 109 cm³/mol. The van der Waals surface area contributed by atoms with Crippen molar-refractivity contribution in [1.29, 1.82) is 0 Å². The maximum absolute atomic E-state index is 12.6. The van der Waals surface area contributed by atoms with E-state index in [2.05, 4.69) is 25.8 Å². The number of nitrogens with one attached hydrogen (secondary N) is 2. The molecule has 0 aliphatic carbocycles. The van der Waals surface area contributed by atoms with Gasteiger partial charge in [0.15, 0.2) is 27.3 Å². The zero-order valence-electron chi connectivity index (χ0n) is 15.9. The fourth-order valence-corrected chi connectivity index (χ4v) is 4.43. The van der Waals surface area contributed by atoms with E-state index in [1.54, 1.807) is 37.4 Å². The number of rotatable bonds is 7. The molecule has 0 aliphatic heterocycles. The number of hydrogen-bond donors (Lipinski definition) is 2. The van der Waals surface area contributed by atoms with Crippen molar-refractivity contribution in [1.82, 2.24) is 25.2 Å². The van der Waals surface area contributed by atoms with E-state index in [1.807, 2.05) is 35.7 Å². The maximum atomic E-state index is 12.6.